The monoisotopic (exact) mass is 399 g/mol. The molecule has 1 saturated heterocycles. The van der Waals surface area contributed by atoms with Crippen molar-refractivity contribution >= 4 is 34.8 Å². The van der Waals surface area contributed by atoms with Gasteiger partial charge in [0.05, 0.1) is 0 Å². The summed E-state index contributed by atoms with van der Waals surface area (Å²) in [4.78, 5) is 28.6. The van der Waals surface area contributed by atoms with Crippen LogP contribution in [0.1, 0.15) is 26.3 Å². The molecule has 28 heavy (non-hydrogen) atoms. The van der Waals surface area contributed by atoms with Gasteiger partial charge in [0.1, 0.15) is 0 Å². The van der Waals surface area contributed by atoms with Crippen molar-refractivity contribution in [3.63, 3.8) is 0 Å². The molecule has 0 unspecified atom stereocenters. The highest BCUT2D eigenvalue weighted by atomic mass is 35.5. The lowest BCUT2D eigenvalue weighted by Crippen LogP contribution is -2.51. The topological polar surface area (TPSA) is 52.7 Å². The number of nitrogens with zero attached hydrogens (tertiary/aromatic N) is 2. The summed E-state index contributed by atoms with van der Waals surface area (Å²) in [5.41, 5.74) is 2.88. The van der Waals surface area contributed by atoms with Crippen LogP contribution in [0.5, 0.6) is 0 Å². The highest BCUT2D eigenvalue weighted by molar-refractivity contribution is 6.39. The van der Waals surface area contributed by atoms with Crippen LogP contribution in [0.15, 0.2) is 48.5 Å². The Morgan fingerprint density at radius 2 is 1.61 bits per heavy atom. The van der Waals surface area contributed by atoms with Crippen molar-refractivity contribution < 1.29 is 9.59 Å². The molecule has 1 fully saturated rings. The molecule has 0 radical (unpaired) electrons. The van der Waals surface area contributed by atoms with Gasteiger partial charge in [0.15, 0.2) is 0 Å². The van der Waals surface area contributed by atoms with Gasteiger partial charge in [-0.25, -0.2) is 0 Å². The Bertz CT molecular complexity index is 851. The van der Waals surface area contributed by atoms with Crippen LogP contribution >= 0.6 is 11.6 Å². The number of amides is 2. The molecule has 0 aromatic heterocycles. The first-order valence-electron chi connectivity index (χ1n) is 9.45. The van der Waals surface area contributed by atoms with Gasteiger partial charge in [0.25, 0.3) is 0 Å². The maximum Gasteiger partial charge on any atom is 0.313 e. The number of piperazine rings is 1. The number of hydrogen-bond donors (Lipinski definition) is 1. The molecule has 2 aromatic rings. The molecular formula is C22H26ClN3O2. The number of carbonyl (C=O) groups excluding carboxylic acids is 2. The predicted octanol–water partition coefficient (Wildman–Crippen LogP) is 3.92. The molecule has 2 aromatic carbocycles. The second kappa shape index (κ2) is 8.23. The summed E-state index contributed by atoms with van der Waals surface area (Å²) in [6, 6.07) is 15.3. The largest absolute Gasteiger partial charge is 0.368 e. The molecule has 1 aliphatic heterocycles. The zero-order valence-corrected chi connectivity index (χ0v) is 17.3. The Labute approximate surface area is 171 Å². The Morgan fingerprint density at radius 1 is 0.964 bits per heavy atom. The first-order valence-corrected chi connectivity index (χ1v) is 9.83. The summed E-state index contributed by atoms with van der Waals surface area (Å²) < 4.78 is 0. The van der Waals surface area contributed by atoms with Crippen LogP contribution in [0.2, 0.25) is 5.02 Å². The highest BCUT2D eigenvalue weighted by Gasteiger charge is 2.26. The second-order valence-corrected chi connectivity index (χ2v) is 8.48. The summed E-state index contributed by atoms with van der Waals surface area (Å²) in [6.07, 6.45) is 0. The van der Waals surface area contributed by atoms with Crippen LogP contribution in [0.3, 0.4) is 0 Å². The quantitative estimate of drug-likeness (QED) is 0.778. The molecule has 3 rings (SSSR count). The van der Waals surface area contributed by atoms with Gasteiger partial charge in [-0.05, 0) is 41.3 Å². The normalized spacial score (nSPS) is 14.7. The van der Waals surface area contributed by atoms with E-state index in [1.54, 1.807) is 4.90 Å². The van der Waals surface area contributed by atoms with Gasteiger partial charge in [-0.15, -0.1) is 0 Å². The van der Waals surface area contributed by atoms with Crippen molar-refractivity contribution in [1.29, 1.82) is 0 Å². The second-order valence-electron chi connectivity index (χ2n) is 8.04. The Balaban J connectivity index is 1.55. The molecule has 5 nitrogen and oxygen atoms in total. The highest BCUT2D eigenvalue weighted by Crippen LogP contribution is 2.24. The molecule has 6 heteroatoms. The minimum absolute atomic E-state index is 0.0427. The van der Waals surface area contributed by atoms with Gasteiger partial charge >= 0.3 is 11.8 Å². The maximum atomic E-state index is 12.5. The van der Waals surface area contributed by atoms with E-state index in [1.165, 1.54) is 5.56 Å². The summed E-state index contributed by atoms with van der Waals surface area (Å²) in [5.74, 6) is -1.09. The number of benzene rings is 2. The van der Waals surface area contributed by atoms with Crippen LogP contribution in [-0.4, -0.2) is 42.9 Å². The van der Waals surface area contributed by atoms with E-state index < -0.39 is 11.8 Å². The molecule has 1 aliphatic rings. The van der Waals surface area contributed by atoms with Crippen molar-refractivity contribution in [3.8, 4) is 0 Å². The molecule has 0 spiro atoms. The van der Waals surface area contributed by atoms with Crippen molar-refractivity contribution in [2.24, 2.45) is 0 Å². The van der Waals surface area contributed by atoms with Gasteiger partial charge in [-0.3, -0.25) is 9.59 Å². The fourth-order valence-corrected chi connectivity index (χ4v) is 3.41. The van der Waals surface area contributed by atoms with E-state index >= 15 is 0 Å². The zero-order valence-electron chi connectivity index (χ0n) is 16.5. The van der Waals surface area contributed by atoms with Gasteiger partial charge in [0, 0.05) is 42.6 Å². The molecule has 2 amide bonds. The molecule has 1 N–H and O–H groups in total. The lowest BCUT2D eigenvalue weighted by atomic mass is 9.87. The van der Waals surface area contributed by atoms with Crippen LogP contribution in [0.25, 0.3) is 0 Å². The SMILES string of the molecule is CC(C)(C)c1ccc(NC(=O)C(=O)N2CCN(c3cccc(Cl)c3)CC2)cc1. The van der Waals surface area contributed by atoms with E-state index in [-0.39, 0.29) is 5.41 Å². The van der Waals surface area contributed by atoms with Crippen LogP contribution < -0.4 is 10.2 Å². The van der Waals surface area contributed by atoms with Gasteiger partial charge in [-0.2, -0.15) is 0 Å². The van der Waals surface area contributed by atoms with Crippen LogP contribution in [0.4, 0.5) is 11.4 Å². The van der Waals surface area contributed by atoms with Crippen LogP contribution in [-0.2, 0) is 15.0 Å². The average Bonchev–Trinajstić information content (AvgIpc) is 2.67. The van der Waals surface area contributed by atoms with Crippen LogP contribution in [0, 0.1) is 0 Å². The average molecular weight is 400 g/mol. The molecule has 0 aliphatic carbocycles. The third kappa shape index (κ3) is 4.84. The van der Waals surface area contributed by atoms with E-state index in [0.29, 0.717) is 36.9 Å². The number of halogens is 1. The minimum Gasteiger partial charge on any atom is -0.368 e. The smallest absolute Gasteiger partial charge is 0.313 e. The minimum atomic E-state index is -0.597. The molecule has 148 valence electrons. The standard InChI is InChI=1S/C22H26ClN3O2/c1-22(2,3)16-7-9-18(10-8-16)24-20(27)21(28)26-13-11-25(12-14-26)19-6-4-5-17(23)15-19/h4-10,15H,11-14H2,1-3H3,(H,24,27). The summed E-state index contributed by atoms with van der Waals surface area (Å²) in [7, 11) is 0. The summed E-state index contributed by atoms with van der Waals surface area (Å²) in [6.45, 7) is 8.73. The lowest BCUT2D eigenvalue weighted by Gasteiger charge is -2.35. The fraction of sp³-hybridized carbons (Fsp3) is 0.364. The van der Waals surface area contributed by atoms with Gasteiger partial charge in [0.2, 0.25) is 0 Å². The van der Waals surface area contributed by atoms with E-state index in [1.807, 2.05) is 48.5 Å². The fourth-order valence-electron chi connectivity index (χ4n) is 3.22. The first-order chi connectivity index (χ1) is 13.2. The number of hydrogen-bond acceptors (Lipinski definition) is 3. The van der Waals surface area contributed by atoms with Crippen molar-refractivity contribution in [2.45, 2.75) is 26.2 Å². The molecule has 0 saturated carbocycles. The van der Waals surface area contributed by atoms with E-state index in [0.717, 1.165) is 5.69 Å². The predicted molar refractivity (Wildman–Crippen MR) is 114 cm³/mol. The van der Waals surface area contributed by atoms with Crippen molar-refractivity contribution in [1.82, 2.24) is 4.90 Å². The lowest BCUT2D eigenvalue weighted by molar-refractivity contribution is -0.143. The van der Waals surface area contributed by atoms with Gasteiger partial charge < -0.3 is 15.1 Å². The van der Waals surface area contributed by atoms with Crippen molar-refractivity contribution in [3.05, 3.63) is 59.1 Å². The van der Waals surface area contributed by atoms with E-state index in [9.17, 15) is 9.59 Å². The van der Waals surface area contributed by atoms with E-state index in [2.05, 4.69) is 31.0 Å². The summed E-state index contributed by atoms with van der Waals surface area (Å²) >= 11 is 6.05. The Morgan fingerprint density at radius 3 is 2.18 bits per heavy atom. The summed E-state index contributed by atoms with van der Waals surface area (Å²) in [5, 5.41) is 3.39. The van der Waals surface area contributed by atoms with Crippen molar-refractivity contribution in [2.75, 3.05) is 36.4 Å². The number of rotatable bonds is 2. The number of nitrogens with one attached hydrogen (secondary N) is 1. The van der Waals surface area contributed by atoms with Gasteiger partial charge in [-0.1, -0.05) is 50.6 Å². The maximum absolute atomic E-state index is 12.5. The zero-order chi connectivity index (χ0) is 20.3. The molecule has 1 heterocycles. The number of anilines is 2. The Kier molecular flexibility index (Phi) is 5.94. The third-order valence-corrected chi connectivity index (χ3v) is 5.18. The first kappa shape index (κ1) is 20.2. The Hall–Kier alpha value is -2.53. The molecule has 0 bridgehead atoms. The molecule has 0 atom stereocenters. The molecular weight excluding hydrogens is 374 g/mol. The van der Waals surface area contributed by atoms with E-state index in [4.69, 9.17) is 11.6 Å². The third-order valence-electron chi connectivity index (χ3n) is 4.94. The number of carbonyl (C=O) groups is 2.